The molecule has 4 rings (SSSR count). The van der Waals surface area contributed by atoms with Gasteiger partial charge in [0.05, 0.1) is 11.7 Å². The minimum absolute atomic E-state index is 0.126. The van der Waals surface area contributed by atoms with Gasteiger partial charge in [0.15, 0.2) is 17.6 Å². The molecule has 0 bridgehead atoms. The Labute approximate surface area is 175 Å². The van der Waals surface area contributed by atoms with E-state index in [0.717, 1.165) is 0 Å². The standard InChI is InChI=1S/C23H26N2O5/c1-23(2,3)22-24-18(20(26)25(22)4)19(30-21(27)14-8-6-5-7-9-14)15-10-11-16-17(12-15)29-13-28-16/h5-12,18-19,22,24H,13H2,1-4H3/t18-,19+,22+/m0/s1. The zero-order chi connectivity index (χ0) is 21.5. The lowest BCUT2D eigenvalue weighted by Gasteiger charge is -2.32. The van der Waals surface area contributed by atoms with Crippen LogP contribution in [0.4, 0.5) is 0 Å². The number of rotatable bonds is 4. The first-order valence-corrected chi connectivity index (χ1v) is 9.94. The van der Waals surface area contributed by atoms with E-state index in [4.69, 9.17) is 14.2 Å². The molecule has 30 heavy (non-hydrogen) atoms. The molecule has 0 radical (unpaired) electrons. The zero-order valence-corrected chi connectivity index (χ0v) is 17.5. The fourth-order valence-electron chi connectivity index (χ4n) is 3.92. The van der Waals surface area contributed by atoms with Crippen molar-refractivity contribution >= 4 is 11.9 Å². The maximum Gasteiger partial charge on any atom is 0.338 e. The highest BCUT2D eigenvalue weighted by molar-refractivity contribution is 5.90. The monoisotopic (exact) mass is 410 g/mol. The lowest BCUT2D eigenvalue weighted by molar-refractivity contribution is -0.131. The smallest absolute Gasteiger partial charge is 0.338 e. The van der Waals surface area contributed by atoms with E-state index in [-0.39, 0.29) is 24.3 Å². The van der Waals surface area contributed by atoms with E-state index in [2.05, 4.69) is 26.1 Å². The normalized spacial score (nSPS) is 21.6. The van der Waals surface area contributed by atoms with Crippen molar-refractivity contribution in [1.29, 1.82) is 0 Å². The molecule has 0 spiro atoms. The van der Waals surface area contributed by atoms with E-state index in [1.54, 1.807) is 54.4 Å². The molecule has 2 heterocycles. The number of carbonyl (C=O) groups is 2. The van der Waals surface area contributed by atoms with Gasteiger partial charge < -0.3 is 19.1 Å². The van der Waals surface area contributed by atoms with Gasteiger partial charge in [-0.15, -0.1) is 0 Å². The average molecular weight is 410 g/mol. The Morgan fingerprint density at radius 2 is 1.83 bits per heavy atom. The van der Waals surface area contributed by atoms with Gasteiger partial charge in [0.2, 0.25) is 12.7 Å². The molecule has 1 amide bonds. The fraction of sp³-hybridized carbons (Fsp3) is 0.391. The summed E-state index contributed by atoms with van der Waals surface area (Å²) >= 11 is 0. The Balaban J connectivity index is 1.69. The summed E-state index contributed by atoms with van der Waals surface area (Å²) in [6.45, 7) is 6.32. The van der Waals surface area contributed by atoms with E-state index in [1.807, 2.05) is 6.07 Å². The van der Waals surface area contributed by atoms with Crippen molar-refractivity contribution in [3.8, 4) is 11.5 Å². The molecule has 1 N–H and O–H groups in total. The predicted molar refractivity (Wildman–Crippen MR) is 110 cm³/mol. The lowest BCUT2D eigenvalue weighted by atomic mass is 9.92. The molecule has 7 nitrogen and oxygen atoms in total. The SMILES string of the molecule is CN1C(=O)[C@H]([C@H](OC(=O)c2ccccc2)c2ccc3c(c2)OCO3)N[C@H]1C(C)(C)C. The number of benzene rings is 2. The van der Waals surface area contributed by atoms with Crippen molar-refractivity contribution in [1.82, 2.24) is 10.2 Å². The summed E-state index contributed by atoms with van der Waals surface area (Å²) in [6, 6.07) is 13.4. The van der Waals surface area contributed by atoms with Crippen LogP contribution in [-0.2, 0) is 9.53 Å². The number of carbonyl (C=O) groups excluding carboxylic acids is 2. The van der Waals surface area contributed by atoms with Crippen LogP contribution in [0.5, 0.6) is 11.5 Å². The van der Waals surface area contributed by atoms with Crippen LogP contribution >= 0.6 is 0 Å². The number of nitrogens with one attached hydrogen (secondary N) is 1. The molecule has 0 aromatic heterocycles. The number of likely N-dealkylation sites (N-methyl/N-ethyl adjacent to an activating group) is 1. The number of ether oxygens (including phenoxy) is 3. The number of fused-ring (bicyclic) bond motifs is 1. The molecule has 0 aliphatic carbocycles. The minimum Gasteiger partial charge on any atom is -0.454 e. The lowest BCUT2D eigenvalue weighted by Crippen LogP contribution is -2.46. The van der Waals surface area contributed by atoms with Crippen LogP contribution in [0.25, 0.3) is 0 Å². The molecule has 0 unspecified atom stereocenters. The Morgan fingerprint density at radius 3 is 2.50 bits per heavy atom. The summed E-state index contributed by atoms with van der Waals surface area (Å²) in [5.41, 5.74) is 0.897. The predicted octanol–water partition coefficient (Wildman–Crippen LogP) is 3.12. The molecule has 2 aromatic rings. The summed E-state index contributed by atoms with van der Waals surface area (Å²) in [5.74, 6) is 0.579. The second-order valence-corrected chi connectivity index (χ2v) is 8.67. The van der Waals surface area contributed by atoms with Gasteiger partial charge in [0.25, 0.3) is 0 Å². The van der Waals surface area contributed by atoms with E-state index in [9.17, 15) is 9.59 Å². The van der Waals surface area contributed by atoms with Crippen molar-refractivity contribution in [2.45, 2.75) is 39.1 Å². The second kappa shape index (κ2) is 7.65. The first-order valence-electron chi connectivity index (χ1n) is 9.94. The number of amides is 1. The van der Waals surface area contributed by atoms with E-state index in [0.29, 0.717) is 22.6 Å². The molecule has 2 aliphatic rings. The third-order valence-electron chi connectivity index (χ3n) is 5.43. The Kier molecular flexibility index (Phi) is 5.15. The fourth-order valence-corrected chi connectivity index (χ4v) is 3.92. The van der Waals surface area contributed by atoms with Crippen molar-refractivity contribution in [2.24, 2.45) is 5.41 Å². The van der Waals surface area contributed by atoms with Gasteiger partial charge in [0, 0.05) is 7.05 Å². The highest BCUT2D eigenvalue weighted by Crippen LogP contribution is 2.38. The van der Waals surface area contributed by atoms with Crippen LogP contribution in [-0.4, -0.2) is 42.8 Å². The summed E-state index contributed by atoms with van der Waals surface area (Å²) in [6.07, 6.45) is -1.02. The molecule has 1 fully saturated rings. The van der Waals surface area contributed by atoms with Gasteiger partial charge in [-0.25, -0.2) is 4.79 Å². The molecule has 7 heteroatoms. The molecular weight excluding hydrogens is 384 g/mol. The van der Waals surface area contributed by atoms with E-state index < -0.39 is 18.1 Å². The van der Waals surface area contributed by atoms with Crippen LogP contribution in [0.15, 0.2) is 48.5 Å². The highest BCUT2D eigenvalue weighted by atomic mass is 16.7. The summed E-state index contributed by atoms with van der Waals surface area (Å²) in [7, 11) is 1.76. The third kappa shape index (κ3) is 3.73. The van der Waals surface area contributed by atoms with Crippen molar-refractivity contribution < 1.29 is 23.8 Å². The number of hydrogen-bond donors (Lipinski definition) is 1. The molecule has 1 saturated heterocycles. The quantitative estimate of drug-likeness (QED) is 0.781. The molecule has 0 saturated carbocycles. The molecule has 158 valence electrons. The van der Waals surface area contributed by atoms with Gasteiger partial charge >= 0.3 is 5.97 Å². The Hall–Kier alpha value is -3.06. The maximum atomic E-state index is 13.1. The van der Waals surface area contributed by atoms with Crippen molar-refractivity contribution in [2.75, 3.05) is 13.8 Å². The Morgan fingerprint density at radius 1 is 1.13 bits per heavy atom. The zero-order valence-electron chi connectivity index (χ0n) is 17.5. The van der Waals surface area contributed by atoms with Crippen LogP contribution in [0.1, 0.15) is 42.8 Å². The van der Waals surface area contributed by atoms with Crippen LogP contribution in [0.3, 0.4) is 0 Å². The maximum absolute atomic E-state index is 13.1. The Bertz CT molecular complexity index is 954. The first-order chi connectivity index (χ1) is 14.3. The number of esters is 1. The third-order valence-corrected chi connectivity index (χ3v) is 5.43. The molecule has 3 atom stereocenters. The highest BCUT2D eigenvalue weighted by Gasteiger charge is 2.47. The first kappa shape index (κ1) is 20.2. The van der Waals surface area contributed by atoms with Gasteiger partial charge in [0.1, 0.15) is 6.04 Å². The topological polar surface area (TPSA) is 77.1 Å². The van der Waals surface area contributed by atoms with Gasteiger partial charge in [-0.2, -0.15) is 0 Å². The molecule has 2 aliphatic heterocycles. The summed E-state index contributed by atoms with van der Waals surface area (Å²) in [5, 5.41) is 3.38. The number of nitrogens with zero attached hydrogens (tertiary/aromatic N) is 1. The van der Waals surface area contributed by atoms with Crippen LogP contribution in [0.2, 0.25) is 0 Å². The largest absolute Gasteiger partial charge is 0.454 e. The van der Waals surface area contributed by atoms with E-state index in [1.165, 1.54) is 0 Å². The average Bonchev–Trinajstić information content (AvgIpc) is 3.31. The second-order valence-electron chi connectivity index (χ2n) is 8.67. The molecule has 2 aromatic carbocycles. The van der Waals surface area contributed by atoms with E-state index >= 15 is 0 Å². The van der Waals surface area contributed by atoms with Crippen LogP contribution < -0.4 is 14.8 Å². The minimum atomic E-state index is -0.825. The summed E-state index contributed by atoms with van der Waals surface area (Å²) in [4.78, 5) is 27.7. The van der Waals surface area contributed by atoms with Gasteiger partial charge in [-0.1, -0.05) is 45.0 Å². The summed E-state index contributed by atoms with van der Waals surface area (Å²) < 4.78 is 16.8. The molecular formula is C23H26N2O5. The van der Waals surface area contributed by atoms with Crippen molar-refractivity contribution in [3.63, 3.8) is 0 Å². The number of hydrogen-bond acceptors (Lipinski definition) is 6. The van der Waals surface area contributed by atoms with Gasteiger partial charge in [-0.3, -0.25) is 10.1 Å². The van der Waals surface area contributed by atoms with Gasteiger partial charge in [-0.05, 0) is 35.2 Å². The van der Waals surface area contributed by atoms with Crippen LogP contribution in [0, 0.1) is 5.41 Å². The van der Waals surface area contributed by atoms with Crippen molar-refractivity contribution in [3.05, 3.63) is 59.7 Å².